The number of carbonyl (C=O) groups is 1. The van der Waals surface area contributed by atoms with Gasteiger partial charge in [0.1, 0.15) is 0 Å². The number of halogens is 1. The molecule has 21 heavy (non-hydrogen) atoms. The molecular weight excluding hydrogens is 336 g/mol. The Hall–Kier alpha value is -1.07. The lowest BCUT2D eigenvalue weighted by Crippen LogP contribution is -2.32. The lowest BCUT2D eigenvalue weighted by atomic mass is 9.78. The summed E-state index contributed by atoms with van der Waals surface area (Å²) in [6.07, 6.45) is 2.84. The summed E-state index contributed by atoms with van der Waals surface area (Å²) in [4.78, 5) is 12.4. The van der Waals surface area contributed by atoms with Gasteiger partial charge in [0.25, 0.3) is 0 Å². The second-order valence-corrected chi connectivity index (χ2v) is 6.08. The average molecular weight is 357 g/mol. The van der Waals surface area contributed by atoms with Gasteiger partial charge in [-0.1, -0.05) is 0 Å². The van der Waals surface area contributed by atoms with Gasteiger partial charge in [0.05, 0.1) is 20.3 Å². The van der Waals surface area contributed by atoms with Crippen molar-refractivity contribution in [3.8, 4) is 11.5 Å². The van der Waals surface area contributed by atoms with Crippen molar-refractivity contribution in [2.45, 2.75) is 32.3 Å². The lowest BCUT2D eigenvalue weighted by Gasteiger charge is -2.34. The van der Waals surface area contributed by atoms with Gasteiger partial charge in [-0.3, -0.25) is 4.79 Å². The Labute approximate surface area is 133 Å². The van der Waals surface area contributed by atoms with Crippen LogP contribution in [-0.2, 0) is 4.74 Å². The summed E-state index contributed by atoms with van der Waals surface area (Å²) in [7, 11) is 3.15. The molecule has 116 valence electrons. The van der Waals surface area contributed by atoms with Crippen molar-refractivity contribution in [1.29, 1.82) is 0 Å². The first-order valence-corrected chi connectivity index (χ1v) is 7.94. The summed E-state index contributed by atoms with van der Waals surface area (Å²) < 4.78 is 16.8. The zero-order chi connectivity index (χ0) is 15.4. The van der Waals surface area contributed by atoms with Crippen LogP contribution < -0.4 is 9.47 Å². The molecular formula is C16H21BrO4. The van der Waals surface area contributed by atoms with Crippen molar-refractivity contribution in [3.63, 3.8) is 0 Å². The molecule has 0 aromatic heterocycles. The molecule has 1 aromatic rings. The van der Waals surface area contributed by atoms with Crippen LogP contribution in [0.25, 0.3) is 0 Å². The zero-order valence-electron chi connectivity index (χ0n) is 12.6. The van der Waals surface area contributed by atoms with Gasteiger partial charge in [-0.2, -0.15) is 0 Å². The normalized spacial score (nSPS) is 20.8. The molecule has 0 heterocycles. The number of carbonyl (C=O) groups excluding carboxylic acids is 1. The molecule has 1 aromatic carbocycles. The van der Waals surface area contributed by atoms with Gasteiger partial charge in [0.2, 0.25) is 0 Å². The Morgan fingerprint density at radius 1 is 1.24 bits per heavy atom. The van der Waals surface area contributed by atoms with Crippen LogP contribution in [0.5, 0.6) is 11.5 Å². The highest BCUT2D eigenvalue weighted by molar-refractivity contribution is 9.10. The predicted molar refractivity (Wildman–Crippen MR) is 84.3 cm³/mol. The predicted octanol–water partition coefficient (Wildman–Crippen LogP) is 3.85. The number of ketones is 1. The Balaban J connectivity index is 2.03. The number of methoxy groups -OCH3 is 2. The molecule has 2 rings (SSSR count). The summed E-state index contributed by atoms with van der Waals surface area (Å²) in [5.74, 6) is 1.74. The van der Waals surface area contributed by atoms with Gasteiger partial charge in [-0.05, 0) is 53.7 Å². The summed E-state index contributed by atoms with van der Waals surface area (Å²) in [5, 5.41) is 0. The minimum Gasteiger partial charge on any atom is -0.493 e. The second-order valence-electron chi connectivity index (χ2n) is 5.23. The number of hydrogen-bond donors (Lipinski definition) is 0. The lowest BCUT2D eigenvalue weighted by molar-refractivity contribution is -0.0246. The molecule has 1 saturated carbocycles. The minimum absolute atomic E-state index is 0.128. The van der Waals surface area contributed by atoms with Crippen LogP contribution in [0.15, 0.2) is 16.6 Å². The fraction of sp³-hybridized carbons (Fsp3) is 0.562. The fourth-order valence-corrected chi connectivity index (χ4v) is 3.20. The van der Waals surface area contributed by atoms with Crippen molar-refractivity contribution in [3.05, 3.63) is 22.2 Å². The highest BCUT2D eigenvalue weighted by Crippen LogP contribution is 2.37. The van der Waals surface area contributed by atoms with Crippen LogP contribution in [0.2, 0.25) is 0 Å². The maximum Gasteiger partial charge on any atom is 0.164 e. The van der Waals surface area contributed by atoms with Crippen molar-refractivity contribution in [2.24, 2.45) is 5.92 Å². The van der Waals surface area contributed by atoms with E-state index in [2.05, 4.69) is 15.9 Å². The van der Waals surface area contributed by atoms with Crippen LogP contribution in [-0.4, -0.2) is 32.7 Å². The standard InChI is InChI=1S/C16H21BrO4/c1-4-21-11-5-10(6-11)7-14(18)12-8-15(19-2)16(20-3)9-13(12)17/h8-11H,4-7H2,1-3H3. The van der Waals surface area contributed by atoms with Crippen molar-refractivity contribution >= 4 is 21.7 Å². The molecule has 0 unspecified atom stereocenters. The van der Waals surface area contributed by atoms with Crippen LogP contribution in [0, 0.1) is 5.92 Å². The molecule has 0 amide bonds. The van der Waals surface area contributed by atoms with E-state index >= 15 is 0 Å². The van der Waals surface area contributed by atoms with Gasteiger partial charge in [0.15, 0.2) is 17.3 Å². The van der Waals surface area contributed by atoms with E-state index in [1.807, 2.05) is 6.92 Å². The molecule has 0 aliphatic heterocycles. The summed E-state index contributed by atoms with van der Waals surface area (Å²) in [6, 6.07) is 3.51. The molecule has 0 saturated heterocycles. The highest BCUT2D eigenvalue weighted by atomic mass is 79.9. The smallest absolute Gasteiger partial charge is 0.164 e. The van der Waals surface area contributed by atoms with Gasteiger partial charge in [0, 0.05) is 23.1 Å². The van der Waals surface area contributed by atoms with E-state index in [1.54, 1.807) is 26.4 Å². The number of ether oxygens (including phenoxy) is 3. The number of hydrogen-bond acceptors (Lipinski definition) is 4. The molecule has 5 heteroatoms. The average Bonchev–Trinajstić information content (AvgIpc) is 2.44. The molecule has 1 fully saturated rings. The van der Waals surface area contributed by atoms with E-state index in [0.717, 1.165) is 23.9 Å². The minimum atomic E-state index is 0.128. The quantitative estimate of drug-likeness (QED) is 0.696. The van der Waals surface area contributed by atoms with E-state index in [9.17, 15) is 4.79 Å². The molecule has 1 aliphatic rings. The van der Waals surface area contributed by atoms with Gasteiger partial charge in [-0.25, -0.2) is 0 Å². The summed E-state index contributed by atoms with van der Waals surface area (Å²) >= 11 is 3.44. The molecule has 0 atom stereocenters. The first-order valence-electron chi connectivity index (χ1n) is 7.15. The number of Topliss-reactive ketones (excluding diaryl/α,β-unsaturated/α-hetero) is 1. The SMILES string of the molecule is CCOC1CC(CC(=O)c2cc(OC)c(OC)cc2Br)C1. The molecule has 0 spiro atoms. The van der Waals surface area contributed by atoms with Gasteiger partial charge >= 0.3 is 0 Å². The largest absolute Gasteiger partial charge is 0.493 e. The molecule has 4 nitrogen and oxygen atoms in total. The van der Waals surface area contributed by atoms with E-state index in [1.165, 1.54) is 0 Å². The topological polar surface area (TPSA) is 44.8 Å². The van der Waals surface area contributed by atoms with Crippen LogP contribution in [0.1, 0.15) is 36.5 Å². The fourth-order valence-electron chi connectivity index (χ4n) is 2.65. The second kappa shape index (κ2) is 7.27. The first-order chi connectivity index (χ1) is 10.1. The number of benzene rings is 1. The van der Waals surface area contributed by atoms with E-state index in [0.29, 0.717) is 35.5 Å². The van der Waals surface area contributed by atoms with Crippen LogP contribution in [0.3, 0.4) is 0 Å². The molecule has 0 bridgehead atoms. The Morgan fingerprint density at radius 2 is 1.86 bits per heavy atom. The molecule has 0 N–H and O–H groups in total. The zero-order valence-corrected chi connectivity index (χ0v) is 14.2. The summed E-state index contributed by atoms with van der Waals surface area (Å²) in [5.41, 5.74) is 0.646. The monoisotopic (exact) mass is 356 g/mol. The Kier molecular flexibility index (Phi) is 5.65. The summed E-state index contributed by atoms with van der Waals surface area (Å²) in [6.45, 7) is 2.74. The van der Waals surface area contributed by atoms with Gasteiger partial charge in [-0.15, -0.1) is 0 Å². The van der Waals surface area contributed by atoms with Gasteiger partial charge < -0.3 is 14.2 Å². The third-order valence-electron chi connectivity index (χ3n) is 3.84. The molecule has 0 radical (unpaired) electrons. The Morgan fingerprint density at radius 3 is 2.43 bits per heavy atom. The van der Waals surface area contributed by atoms with E-state index < -0.39 is 0 Å². The molecule has 1 aliphatic carbocycles. The third-order valence-corrected chi connectivity index (χ3v) is 4.50. The van der Waals surface area contributed by atoms with E-state index in [4.69, 9.17) is 14.2 Å². The van der Waals surface area contributed by atoms with Crippen LogP contribution in [0.4, 0.5) is 0 Å². The third kappa shape index (κ3) is 3.77. The highest BCUT2D eigenvalue weighted by Gasteiger charge is 2.31. The number of rotatable bonds is 7. The maximum absolute atomic E-state index is 12.4. The van der Waals surface area contributed by atoms with E-state index in [-0.39, 0.29) is 5.78 Å². The maximum atomic E-state index is 12.4. The van der Waals surface area contributed by atoms with Crippen molar-refractivity contribution < 1.29 is 19.0 Å². The first kappa shape index (κ1) is 16.3. The van der Waals surface area contributed by atoms with Crippen molar-refractivity contribution in [2.75, 3.05) is 20.8 Å². The van der Waals surface area contributed by atoms with Crippen molar-refractivity contribution in [1.82, 2.24) is 0 Å². The van der Waals surface area contributed by atoms with Crippen LogP contribution >= 0.6 is 15.9 Å². The Bertz CT molecular complexity index is 509.